The fourth-order valence-electron chi connectivity index (χ4n) is 5.23. The SMILES string of the molecule is O=C(NC1CCN(CCN2CCC(O)CC2)CC1)c1cc2c(OCC3CCC3)cccc2[nH]1. The van der Waals surface area contributed by atoms with Gasteiger partial charge in [-0.3, -0.25) is 4.79 Å². The maximum absolute atomic E-state index is 12.9. The van der Waals surface area contributed by atoms with E-state index in [1.54, 1.807) is 0 Å². The lowest BCUT2D eigenvalue weighted by Crippen LogP contribution is -2.47. The lowest BCUT2D eigenvalue weighted by molar-refractivity contribution is 0.0729. The Kier molecular flexibility index (Phi) is 7.19. The van der Waals surface area contributed by atoms with Crippen molar-refractivity contribution in [1.82, 2.24) is 20.1 Å². The summed E-state index contributed by atoms with van der Waals surface area (Å²) in [6.45, 7) is 6.97. The van der Waals surface area contributed by atoms with E-state index in [4.69, 9.17) is 4.74 Å². The average Bonchev–Trinajstić information content (AvgIpc) is 3.24. The number of H-pyrrole nitrogens is 1. The van der Waals surface area contributed by atoms with Crippen LogP contribution in [-0.2, 0) is 0 Å². The summed E-state index contributed by atoms with van der Waals surface area (Å²) in [5, 5.41) is 13.9. The Morgan fingerprint density at radius 2 is 1.73 bits per heavy atom. The van der Waals surface area contributed by atoms with E-state index < -0.39 is 0 Å². The Morgan fingerprint density at radius 1 is 1.03 bits per heavy atom. The van der Waals surface area contributed by atoms with Gasteiger partial charge in [-0.25, -0.2) is 0 Å². The minimum atomic E-state index is -0.107. The maximum Gasteiger partial charge on any atom is 0.267 e. The van der Waals surface area contributed by atoms with E-state index in [0.717, 1.165) is 88.2 Å². The molecule has 3 heterocycles. The molecule has 1 amide bonds. The molecule has 2 aromatic rings. The van der Waals surface area contributed by atoms with Crippen LogP contribution < -0.4 is 10.1 Å². The lowest BCUT2D eigenvalue weighted by atomic mass is 9.86. The van der Waals surface area contributed by atoms with Gasteiger partial charge in [0.1, 0.15) is 11.4 Å². The Labute approximate surface area is 196 Å². The molecular weight excluding hydrogens is 416 g/mol. The van der Waals surface area contributed by atoms with E-state index in [1.807, 2.05) is 24.3 Å². The first-order chi connectivity index (χ1) is 16.1. The number of ether oxygens (including phenoxy) is 1. The highest BCUT2D eigenvalue weighted by Gasteiger charge is 2.24. The Balaban J connectivity index is 1.09. The fourth-order valence-corrected chi connectivity index (χ4v) is 5.23. The number of rotatable bonds is 8. The second-order valence-electron chi connectivity index (χ2n) is 10.2. The largest absolute Gasteiger partial charge is 0.493 e. The monoisotopic (exact) mass is 454 g/mol. The second-order valence-corrected chi connectivity index (χ2v) is 10.2. The van der Waals surface area contributed by atoms with Crippen LogP contribution in [0.1, 0.15) is 55.4 Å². The van der Waals surface area contributed by atoms with Crippen LogP contribution in [0.5, 0.6) is 5.75 Å². The molecule has 3 fully saturated rings. The number of aliphatic hydroxyl groups is 1. The molecule has 1 aromatic carbocycles. The summed E-state index contributed by atoms with van der Waals surface area (Å²) in [5.74, 6) is 1.52. The number of benzene rings is 1. The summed E-state index contributed by atoms with van der Waals surface area (Å²) in [5.41, 5.74) is 1.56. The normalized spacial score (nSPS) is 21.8. The molecule has 7 heteroatoms. The number of nitrogens with one attached hydrogen (secondary N) is 2. The van der Waals surface area contributed by atoms with E-state index in [2.05, 4.69) is 20.1 Å². The molecule has 1 saturated carbocycles. The number of hydrogen-bond donors (Lipinski definition) is 3. The zero-order valence-corrected chi connectivity index (χ0v) is 19.6. The minimum absolute atomic E-state index is 0.0264. The lowest BCUT2D eigenvalue weighted by Gasteiger charge is -2.35. The topological polar surface area (TPSA) is 80.8 Å². The highest BCUT2D eigenvalue weighted by atomic mass is 16.5. The van der Waals surface area contributed by atoms with Crippen LogP contribution in [0.4, 0.5) is 0 Å². The van der Waals surface area contributed by atoms with Gasteiger partial charge in [-0.15, -0.1) is 0 Å². The first kappa shape index (κ1) is 22.7. The van der Waals surface area contributed by atoms with Gasteiger partial charge in [-0.05, 0) is 62.6 Å². The second kappa shape index (κ2) is 10.5. The zero-order chi connectivity index (χ0) is 22.6. The summed E-state index contributed by atoms with van der Waals surface area (Å²) >= 11 is 0. The van der Waals surface area contributed by atoms with E-state index in [1.165, 1.54) is 19.3 Å². The van der Waals surface area contributed by atoms with Gasteiger partial charge in [0.2, 0.25) is 0 Å². The number of amides is 1. The molecule has 0 spiro atoms. The fraction of sp³-hybridized carbons (Fsp3) is 0.654. The number of hydrogen-bond acceptors (Lipinski definition) is 5. The van der Waals surface area contributed by atoms with Crippen LogP contribution in [0.3, 0.4) is 0 Å². The first-order valence-corrected chi connectivity index (χ1v) is 12.8. The third-order valence-corrected chi connectivity index (χ3v) is 7.78. The number of aromatic amines is 1. The van der Waals surface area contributed by atoms with E-state index in [9.17, 15) is 9.90 Å². The van der Waals surface area contributed by atoms with Crippen molar-refractivity contribution in [1.29, 1.82) is 0 Å². The van der Waals surface area contributed by atoms with Crippen LogP contribution >= 0.6 is 0 Å². The summed E-state index contributed by atoms with van der Waals surface area (Å²) in [6, 6.07) is 8.14. The Bertz CT molecular complexity index is 925. The Hall–Kier alpha value is -2.09. The molecule has 33 heavy (non-hydrogen) atoms. The van der Waals surface area contributed by atoms with Gasteiger partial charge in [0, 0.05) is 56.2 Å². The van der Waals surface area contributed by atoms with Crippen molar-refractivity contribution >= 4 is 16.8 Å². The number of nitrogens with zero attached hydrogens (tertiary/aromatic N) is 2. The van der Waals surface area contributed by atoms with Crippen LogP contribution in [0, 0.1) is 5.92 Å². The molecular formula is C26H38N4O3. The van der Waals surface area contributed by atoms with Crippen molar-refractivity contribution in [3.63, 3.8) is 0 Å². The summed E-state index contributed by atoms with van der Waals surface area (Å²) in [6.07, 6.45) is 7.50. The van der Waals surface area contributed by atoms with Crippen molar-refractivity contribution in [2.75, 3.05) is 45.9 Å². The predicted molar refractivity (Wildman–Crippen MR) is 130 cm³/mol. The van der Waals surface area contributed by atoms with Gasteiger partial charge in [-0.1, -0.05) is 12.5 Å². The number of fused-ring (bicyclic) bond motifs is 1. The molecule has 1 aromatic heterocycles. The van der Waals surface area contributed by atoms with Gasteiger partial charge in [0.15, 0.2) is 0 Å². The minimum Gasteiger partial charge on any atom is -0.493 e. The van der Waals surface area contributed by atoms with Gasteiger partial charge in [0.05, 0.1) is 12.7 Å². The van der Waals surface area contributed by atoms with Crippen LogP contribution in [0.15, 0.2) is 24.3 Å². The number of aliphatic hydroxyl groups excluding tert-OH is 1. The quantitative estimate of drug-likeness (QED) is 0.571. The molecule has 3 N–H and O–H groups in total. The third-order valence-electron chi connectivity index (χ3n) is 7.78. The number of piperidine rings is 2. The van der Waals surface area contributed by atoms with E-state index in [-0.39, 0.29) is 18.1 Å². The smallest absolute Gasteiger partial charge is 0.267 e. The van der Waals surface area contributed by atoms with Crippen LogP contribution in [-0.4, -0.2) is 83.8 Å². The van der Waals surface area contributed by atoms with E-state index >= 15 is 0 Å². The summed E-state index contributed by atoms with van der Waals surface area (Å²) in [4.78, 5) is 21.2. The molecule has 180 valence electrons. The number of carbonyl (C=O) groups is 1. The van der Waals surface area contributed by atoms with Gasteiger partial charge >= 0.3 is 0 Å². The molecule has 7 nitrogen and oxygen atoms in total. The van der Waals surface area contributed by atoms with Gasteiger partial charge < -0.3 is 29.9 Å². The number of carbonyl (C=O) groups excluding carboxylic acids is 1. The molecule has 0 bridgehead atoms. The van der Waals surface area contributed by atoms with Crippen molar-refractivity contribution < 1.29 is 14.6 Å². The van der Waals surface area contributed by atoms with Gasteiger partial charge in [-0.2, -0.15) is 0 Å². The van der Waals surface area contributed by atoms with Crippen LogP contribution in [0.25, 0.3) is 10.9 Å². The zero-order valence-electron chi connectivity index (χ0n) is 19.6. The maximum atomic E-state index is 12.9. The first-order valence-electron chi connectivity index (χ1n) is 12.8. The highest BCUT2D eigenvalue weighted by molar-refractivity contribution is 5.99. The molecule has 5 rings (SSSR count). The molecule has 2 aliphatic heterocycles. The molecule has 0 unspecified atom stereocenters. The molecule has 1 aliphatic carbocycles. The Morgan fingerprint density at radius 3 is 2.39 bits per heavy atom. The standard InChI is InChI=1S/C26H38N4O3/c31-21-9-13-30(14-10-21)16-15-29-11-7-20(8-12-29)27-26(32)24-17-22-23(28-24)5-2-6-25(22)33-18-19-3-1-4-19/h2,5-6,17,19-21,28,31H,1,3-4,7-16,18H2,(H,27,32). The van der Waals surface area contributed by atoms with Crippen molar-refractivity contribution in [3.8, 4) is 5.75 Å². The average molecular weight is 455 g/mol. The van der Waals surface area contributed by atoms with Crippen molar-refractivity contribution in [2.45, 2.75) is 57.1 Å². The van der Waals surface area contributed by atoms with Crippen molar-refractivity contribution in [3.05, 3.63) is 30.0 Å². The molecule has 2 saturated heterocycles. The molecule has 0 radical (unpaired) electrons. The molecule has 3 aliphatic rings. The molecule has 0 atom stereocenters. The van der Waals surface area contributed by atoms with E-state index in [0.29, 0.717) is 11.6 Å². The van der Waals surface area contributed by atoms with Crippen LogP contribution in [0.2, 0.25) is 0 Å². The number of aromatic nitrogens is 1. The van der Waals surface area contributed by atoms with Crippen molar-refractivity contribution in [2.24, 2.45) is 5.92 Å². The van der Waals surface area contributed by atoms with Gasteiger partial charge in [0.25, 0.3) is 5.91 Å². The summed E-state index contributed by atoms with van der Waals surface area (Å²) < 4.78 is 6.08. The number of likely N-dealkylation sites (tertiary alicyclic amines) is 2. The predicted octanol–water partition coefficient (Wildman–Crippen LogP) is 3.00. The summed E-state index contributed by atoms with van der Waals surface area (Å²) in [7, 11) is 0. The third kappa shape index (κ3) is 5.70. The highest BCUT2D eigenvalue weighted by Crippen LogP contribution is 2.30.